The van der Waals surface area contributed by atoms with Gasteiger partial charge in [-0.1, -0.05) is 0 Å². The van der Waals surface area contributed by atoms with Crippen LogP contribution in [0.3, 0.4) is 0 Å². The fraction of sp³-hybridized carbons (Fsp3) is 0.934. The van der Waals surface area contributed by atoms with Gasteiger partial charge in [-0.05, 0) is 0 Å². The van der Waals surface area contributed by atoms with Gasteiger partial charge in [-0.3, -0.25) is 24.0 Å². The van der Waals surface area contributed by atoms with Gasteiger partial charge >= 0.3 is 0 Å². The summed E-state index contributed by atoms with van der Waals surface area (Å²) in [7, 11) is 0. The molecule has 5 amide bonds. The number of carbonyl (C=O) groups is 5. The minimum absolute atomic E-state index is 0.856. The van der Waals surface area contributed by atoms with E-state index in [2.05, 4.69) is 26.6 Å². The van der Waals surface area contributed by atoms with Crippen LogP contribution in [-0.2, 0) is 119 Å². The average molecular weight is 2010 g/mol. The van der Waals surface area contributed by atoms with Gasteiger partial charge in [-0.25, -0.2) is 0 Å². The van der Waals surface area contributed by atoms with Crippen LogP contribution in [0.4, 0.5) is 0 Å². The van der Waals surface area contributed by atoms with Crippen molar-refractivity contribution in [3.05, 3.63) is 0 Å². The highest BCUT2D eigenvalue weighted by Crippen LogP contribution is 2.42. The van der Waals surface area contributed by atoms with Gasteiger partial charge in [0.2, 0.25) is 29.5 Å². The monoisotopic (exact) mass is 2010 g/mol. The third-order valence-corrected chi connectivity index (χ3v) is 24.6. The van der Waals surface area contributed by atoms with Crippen molar-refractivity contribution in [2.24, 2.45) is 0 Å². The lowest BCUT2D eigenvalue weighted by molar-refractivity contribution is -0.406. The predicted octanol–water partition coefficient (Wildman–Crippen LogP) is -24.6. The second-order valence-corrected chi connectivity index (χ2v) is 34.3. The molecule has 10 aliphatic heterocycles. The van der Waals surface area contributed by atoms with Crippen molar-refractivity contribution in [1.82, 2.24) is 26.6 Å². The van der Waals surface area contributed by atoms with Crippen LogP contribution in [0, 0.1) is 0 Å². The zero-order valence-corrected chi connectivity index (χ0v) is 73.7. The third kappa shape index (κ3) is 26.1. The molecule has 0 spiro atoms. The maximum Gasteiger partial charge on any atom is 0.217 e. The summed E-state index contributed by atoms with van der Waals surface area (Å²) in [5.41, 5.74) is 0. The van der Waals surface area contributed by atoms with Gasteiger partial charge in [0.15, 0.2) is 62.9 Å². The lowest BCUT2D eigenvalue weighted by Crippen LogP contribution is -2.71. The standard InChI is InChI=1S/C76H129N5O56/c1-18(93)77-23(6-82)39(99)58(24(98)7-83)129-67-35(78-19(2)94)45(105)62(32(15-91)123-67)134-74-57(117)64(44(104)34(128-74)17-118-75-65(52(112)43(103)28(11-87)122-75)136-69-37(80-21(4)96)47(107)60(30(13-89)125-69)132-72-54(114)50(110)41(101)26(9-85)120-72)135-76-66(137-70-38(81-22(5)97)48(108)61(31(14-90)126-70)133-73-55(115)51(111)42(102)27(10-86)121-73)56(116)63(33(16-92)127-76)130-68-36(79-20(3)95)46(106)59(29(12-88)124-68)131-71-53(113)49(109)40(100)25(8-84)119-71/h23-76,82-92,98-117H,6-17H2,1-5H3,(H,77,93)(H,78,94)(H,79,95)(H,80,96)(H,81,97)/t23-,24+,25+,26+,27+,28+,29+,30+,31+,32+,33+,34+,35+,36+,37+,38+,39+,40-,41-,42-,43+,44+,45+,46+,47+,48+,49-,50-,51-,52-,53+,54+,55+,56-,57-,58+,59+,60+,61+,62+,63+,64-,65-,66-,67-,68-,69-,70-,71-,72-,73-,74-,75-,76+/m0/s1. The summed E-state index contributed by atoms with van der Waals surface area (Å²) in [4.78, 5) is 65.1. The van der Waals surface area contributed by atoms with Crippen LogP contribution in [-0.4, -0.2) is 598 Å². The molecule has 10 fully saturated rings. The Morgan fingerprint density at radius 2 is 0.511 bits per heavy atom. The van der Waals surface area contributed by atoms with Crippen LogP contribution >= 0.6 is 0 Å². The van der Waals surface area contributed by atoms with Crippen molar-refractivity contribution < 1.29 is 277 Å². The first-order chi connectivity index (χ1) is 64.8. The maximum atomic E-state index is 13.4. The van der Waals surface area contributed by atoms with Gasteiger partial charge in [0.05, 0.1) is 85.3 Å². The summed E-state index contributed by atoms with van der Waals surface area (Å²) >= 11 is 0. The minimum atomic E-state index is -2.78. The van der Waals surface area contributed by atoms with Crippen molar-refractivity contribution in [2.75, 3.05) is 79.3 Å². The van der Waals surface area contributed by atoms with E-state index in [-0.39, 0.29) is 0 Å². The SMILES string of the molecule is CC(=O)N[C@H]1[C@H](O[C@@H]([C@H](O)[C@H](CO)NC(C)=O)[C@H](O)CO)O[C@H](CO)[C@@H](O[C@@H]2O[C@H](CO[C@H]3O[C@H](CO)[C@@H](O)[C@H](O)[C@@H]3O[C@@H]3O[C@H](CO)[C@@H](O[C@@H]4O[C@H](CO)[C@H](O)[C@H](O)[C@H]4O)[C@H](O)[C@H]3NC(C)=O)[C@@H](O)[C@H](O[C@H]3O[C@H](CO)[C@@H](O[C@@H]4O[C@H](CO)[C@@H](O[C@@H]5O[C@H](CO)[C@H](O)[C@H](O)[C@H]5O)[C@H](O)[C@H]4NC(C)=O)[C@H](O)[C@@H]3O[C@@H]3O[C@H](CO)[C@@H](O[C@@H]4O[C@H](CO)[C@H](O)[C@H](O)[C@H]4O)[C@H](O)[C@H]3NC(C)=O)[C@@H]2O)[C@@H]1O. The average Bonchev–Trinajstić information content (AvgIpc) is 0.761. The number of hydrogen-bond donors (Lipinski definition) is 36. The zero-order chi connectivity index (χ0) is 101. The Kier molecular flexibility index (Phi) is 42.4. The summed E-state index contributed by atoms with van der Waals surface area (Å²) in [6.07, 6.45) is -108. The van der Waals surface area contributed by atoms with Gasteiger partial charge in [0.25, 0.3) is 0 Å². The highest BCUT2D eigenvalue weighted by atomic mass is 16.8. The van der Waals surface area contributed by atoms with E-state index >= 15 is 0 Å². The summed E-state index contributed by atoms with van der Waals surface area (Å²) < 4.78 is 120. The molecular weight excluding hydrogens is 1880 g/mol. The molecular formula is C76H129N5O56. The summed E-state index contributed by atoms with van der Waals surface area (Å²) in [6.45, 7) is -9.83. The molecule has 10 saturated heterocycles. The molecule has 0 aromatic rings. The van der Waals surface area contributed by atoms with Crippen molar-refractivity contribution in [3.63, 3.8) is 0 Å². The van der Waals surface area contributed by atoms with Crippen LogP contribution < -0.4 is 26.6 Å². The van der Waals surface area contributed by atoms with Crippen LogP contribution in [0.2, 0.25) is 0 Å². The molecule has 0 unspecified atom stereocenters. The second kappa shape index (κ2) is 50.9. The molecule has 0 aromatic carbocycles. The Balaban J connectivity index is 1.06. The number of nitrogens with one attached hydrogen (secondary N) is 5. The summed E-state index contributed by atoms with van der Waals surface area (Å²) in [6, 6.07) is -9.99. The van der Waals surface area contributed by atoms with Crippen molar-refractivity contribution in [1.29, 1.82) is 0 Å². The van der Waals surface area contributed by atoms with Gasteiger partial charge in [-0.15, -0.1) is 0 Å². The molecule has 10 aliphatic rings. The number of carbonyl (C=O) groups excluding carboxylic acids is 5. The molecule has 10 heterocycles. The number of amides is 5. The Labute approximate surface area is 776 Å². The molecule has 0 saturated carbocycles. The van der Waals surface area contributed by atoms with E-state index in [1.165, 1.54) is 0 Å². The molecule has 61 heteroatoms. The van der Waals surface area contributed by atoms with Crippen LogP contribution in [0.25, 0.3) is 0 Å². The number of rotatable bonds is 40. The fourth-order valence-electron chi connectivity index (χ4n) is 17.4. The quantitative estimate of drug-likeness (QED) is 0.0271. The Morgan fingerprint density at radius 1 is 0.248 bits per heavy atom. The maximum absolute atomic E-state index is 13.4. The molecule has 137 heavy (non-hydrogen) atoms. The lowest BCUT2D eigenvalue weighted by atomic mass is 9.93. The Bertz CT molecular complexity index is 3730. The Morgan fingerprint density at radius 3 is 0.832 bits per heavy atom. The molecule has 10 rings (SSSR count). The van der Waals surface area contributed by atoms with Crippen LogP contribution in [0.5, 0.6) is 0 Å². The number of ether oxygens (including phenoxy) is 20. The van der Waals surface area contributed by atoms with Crippen molar-refractivity contribution in [2.45, 2.75) is 366 Å². The van der Waals surface area contributed by atoms with Crippen molar-refractivity contribution >= 4 is 29.5 Å². The van der Waals surface area contributed by atoms with E-state index in [4.69, 9.17) is 94.7 Å². The molecule has 0 radical (unpaired) electrons. The highest BCUT2D eigenvalue weighted by Gasteiger charge is 2.63. The predicted molar refractivity (Wildman–Crippen MR) is 423 cm³/mol. The summed E-state index contributed by atoms with van der Waals surface area (Å²) in [5.74, 6) is -4.99. The van der Waals surface area contributed by atoms with E-state index in [1.54, 1.807) is 0 Å². The second-order valence-electron chi connectivity index (χ2n) is 34.3. The van der Waals surface area contributed by atoms with Crippen LogP contribution in [0.1, 0.15) is 34.6 Å². The van der Waals surface area contributed by atoms with Crippen LogP contribution in [0.15, 0.2) is 0 Å². The molecule has 0 aliphatic carbocycles. The largest absolute Gasteiger partial charge is 0.394 e. The van der Waals surface area contributed by atoms with Gasteiger partial charge in [0, 0.05) is 34.6 Å². The topological polar surface area (TPSA) is 957 Å². The highest BCUT2D eigenvalue weighted by molar-refractivity contribution is 5.75. The zero-order valence-electron chi connectivity index (χ0n) is 73.7. The van der Waals surface area contributed by atoms with E-state index in [9.17, 15) is 182 Å². The van der Waals surface area contributed by atoms with Gasteiger partial charge in [-0.2, -0.15) is 0 Å². The Hall–Kier alpha value is -4.69. The first-order valence-corrected chi connectivity index (χ1v) is 43.6. The summed E-state index contributed by atoms with van der Waals surface area (Å²) in [5, 5.41) is 359. The first kappa shape index (κ1) is 114. The van der Waals surface area contributed by atoms with E-state index in [1.807, 2.05) is 0 Å². The molecule has 61 nitrogen and oxygen atoms in total. The molecule has 36 N–H and O–H groups in total. The smallest absolute Gasteiger partial charge is 0.217 e. The molecule has 794 valence electrons. The van der Waals surface area contributed by atoms with E-state index < -0.39 is 440 Å². The van der Waals surface area contributed by atoms with Crippen molar-refractivity contribution in [3.8, 4) is 0 Å². The minimum Gasteiger partial charge on any atom is -0.394 e. The first-order valence-electron chi connectivity index (χ1n) is 43.6. The molecule has 54 atom stereocenters. The normalized spacial score (nSPS) is 46.5. The number of aliphatic hydroxyl groups excluding tert-OH is 31. The number of aliphatic hydroxyl groups is 31. The van der Waals surface area contributed by atoms with Gasteiger partial charge < -0.3 is 280 Å². The van der Waals surface area contributed by atoms with E-state index in [0.717, 1.165) is 34.6 Å². The molecule has 0 aromatic heterocycles. The molecule has 0 bridgehead atoms. The van der Waals surface area contributed by atoms with Gasteiger partial charge in [0.1, 0.15) is 262 Å². The lowest BCUT2D eigenvalue weighted by Gasteiger charge is -2.52. The third-order valence-electron chi connectivity index (χ3n) is 24.6. The number of hydrogen-bond acceptors (Lipinski definition) is 56. The van der Waals surface area contributed by atoms with E-state index in [0.29, 0.717) is 0 Å². The fourth-order valence-corrected chi connectivity index (χ4v) is 17.4.